The van der Waals surface area contributed by atoms with Gasteiger partial charge in [-0.05, 0) is 12.5 Å². The van der Waals surface area contributed by atoms with Gasteiger partial charge in [-0.15, -0.1) is 0 Å². The van der Waals surface area contributed by atoms with E-state index in [1.165, 1.54) is 12.4 Å². The van der Waals surface area contributed by atoms with Gasteiger partial charge in [0.15, 0.2) is 5.69 Å². The van der Waals surface area contributed by atoms with Crippen molar-refractivity contribution >= 4 is 11.6 Å². The molecule has 122 valence electrons. The lowest BCUT2D eigenvalue weighted by Gasteiger charge is -2.17. The fourth-order valence-electron chi connectivity index (χ4n) is 2.35. The largest absolute Gasteiger partial charge is 0.341 e. The molecular formula is C16H16N6O2. The normalized spacial score (nSPS) is 10.6. The lowest BCUT2D eigenvalue weighted by atomic mass is 10.2. The number of benzene rings is 1. The van der Waals surface area contributed by atoms with E-state index in [4.69, 9.17) is 0 Å². The molecule has 24 heavy (non-hydrogen) atoms. The van der Waals surface area contributed by atoms with Crippen molar-refractivity contribution in [2.24, 2.45) is 0 Å². The highest BCUT2D eigenvalue weighted by Gasteiger charge is 2.21. The molecule has 1 aromatic carbocycles. The number of hydrogen-bond acceptors (Lipinski definition) is 6. The zero-order chi connectivity index (χ0) is 17.1. The second kappa shape index (κ2) is 6.45. The fraction of sp³-hybridized carbons (Fsp3) is 0.188. The Morgan fingerprint density at radius 3 is 2.58 bits per heavy atom. The summed E-state index contributed by atoms with van der Waals surface area (Å²) in [5.41, 5.74) is 1.66. The average molecular weight is 324 g/mol. The first-order valence-electron chi connectivity index (χ1n) is 7.33. The number of hydrogen-bond donors (Lipinski definition) is 1. The van der Waals surface area contributed by atoms with Gasteiger partial charge in [0.1, 0.15) is 12.0 Å². The van der Waals surface area contributed by atoms with Crippen molar-refractivity contribution in [2.75, 3.05) is 11.9 Å². The number of H-pyrrole nitrogens is 1. The lowest BCUT2D eigenvalue weighted by molar-refractivity contribution is -0.384. The molecule has 0 saturated heterocycles. The third kappa shape index (κ3) is 3.22. The van der Waals surface area contributed by atoms with E-state index in [1.807, 2.05) is 42.3 Å². The Kier molecular flexibility index (Phi) is 4.19. The van der Waals surface area contributed by atoms with Gasteiger partial charge in [0.05, 0.1) is 16.8 Å². The number of imidazole rings is 1. The zero-order valence-electron chi connectivity index (χ0n) is 13.3. The maximum atomic E-state index is 11.3. The van der Waals surface area contributed by atoms with Gasteiger partial charge in [0, 0.05) is 13.6 Å². The highest BCUT2D eigenvalue weighted by molar-refractivity contribution is 5.66. The molecule has 3 rings (SSSR count). The van der Waals surface area contributed by atoms with Crippen LogP contribution in [0.3, 0.4) is 0 Å². The van der Waals surface area contributed by atoms with Crippen molar-refractivity contribution in [1.82, 2.24) is 19.9 Å². The smallest absolute Gasteiger partial charge is 0.315 e. The van der Waals surface area contributed by atoms with E-state index < -0.39 is 4.92 Å². The second-order valence-corrected chi connectivity index (χ2v) is 5.38. The van der Waals surface area contributed by atoms with E-state index in [0.717, 1.165) is 5.56 Å². The van der Waals surface area contributed by atoms with Crippen LogP contribution in [-0.2, 0) is 6.54 Å². The molecule has 1 N–H and O–H groups in total. The number of aromatic nitrogens is 4. The number of aromatic amines is 1. The fourth-order valence-corrected chi connectivity index (χ4v) is 2.35. The molecule has 0 aliphatic rings. The quantitative estimate of drug-likeness (QED) is 0.572. The number of nitrogens with zero attached hydrogens (tertiary/aromatic N) is 5. The van der Waals surface area contributed by atoms with Gasteiger partial charge in [0.25, 0.3) is 0 Å². The summed E-state index contributed by atoms with van der Waals surface area (Å²) in [7, 11) is 1.84. The van der Waals surface area contributed by atoms with Crippen molar-refractivity contribution in [3.05, 3.63) is 64.2 Å². The standard InChI is InChI=1S/C16H16N6O2/c1-11-17-8-13(19-11)15-14(22(23)24)9-18-16(20-15)21(2)10-12-6-4-3-5-7-12/h3-9H,10H2,1-2H3,(H,17,19). The first-order valence-corrected chi connectivity index (χ1v) is 7.33. The van der Waals surface area contributed by atoms with Crippen LogP contribution in [0.2, 0.25) is 0 Å². The molecular weight excluding hydrogens is 308 g/mol. The van der Waals surface area contributed by atoms with E-state index in [9.17, 15) is 10.1 Å². The molecule has 2 aromatic heterocycles. The molecule has 0 atom stereocenters. The minimum atomic E-state index is -0.494. The molecule has 8 nitrogen and oxygen atoms in total. The molecule has 8 heteroatoms. The van der Waals surface area contributed by atoms with Crippen LogP contribution in [0.15, 0.2) is 42.7 Å². The summed E-state index contributed by atoms with van der Waals surface area (Å²) in [6, 6.07) is 9.87. The topological polar surface area (TPSA) is 101 Å². The predicted octanol–water partition coefficient (Wildman–Crippen LogP) is 2.72. The molecule has 0 aliphatic carbocycles. The third-order valence-corrected chi connectivity index (χ3v) is 3.52. The molecule has 0 spiro atoms. The second-order valence-electron chi connectivity index (χ2n) is 5.38. The molecule has 0 fully saturated rings. The minimum Gasteiger partial charge on any atom is -0.341 e. The first-order chi connectivity index (χ1) is 11.5. The van der Waals surface area contributed by atoms with E-state index in [0.29, 0.717) is 24.0 Å². The van der Waals surface area contributed by atoms with Crippen LogP contribution < -0.4 is 4.90 Å². The van der Waals surface area contributed by atoms with Crippen molar-refractivity contribution in [2.45, 2.75) is 13.5 Å². The summed E-state index contributed by atoms with van der Waals surface area (Å²) in [6.45, 7) is 2.37. The first kappa shape index (κ1) is 15.6. The minimum absolute atomic E-state index is 0.157. The lowest BCUT2D eigenvalue weighted by Crippen LogP contribution is -2.19. The number of nitro groups is 1. The Balaban J connectivity index is 1.96. The number of nitrogens with one attached hydrogen (secondary N) is 1. The summed E-state index contributed by atoms with van der Waals surface area (Å²) in [6.07, 6.45) is 2.76. The highest BCUT2D eigenvalue weighted by Crippen LogP contribution is 2.27. The van der Waals surface area contributed by atoms with Gasteiger partial charge >= 0.3 is 5.69 Å². The van der Waals surface area contributed by atoms with Crippen LogP contribution in [-0.4, -0.2) is 31.9 Å². The van der Waals surface area contributed by atoms with Crippen molar-refractivity contribution in [3.63, 3.8) is 0 Å². The molecule has 0 unspecified atom stereocenters. The van der Waals surface area contributed by atoms with Gasteiger partial charge < -0.3 is 9.88 Å². The van der Waals surface area contributed by atoms with Crippen LogP contribution in [0.25, 0.3) is 11.4 Å². The van der Waals surface area contributed by atoms with Crippen LogP contribution in [0, 0.1) is 17.0 Å². The summed E-state index contributed by atoms with van der Waals surface area (Å²) in [5, 5.41) is 11.3. The van der Waals surface area contributed by atoms with Crippen LogP contribution in [0.4, 0.5) is 11.6 Å². The third-order valence-electron chi connectivity index (χ3n) is 3.52. The molecule has 0 aliphatic heterocycles. The van der Waals surface area contributed by atoms with Gasteiger partial charge in [0.2, 0.25) is 5.95 Å². The summed E-state index contributed by atoms with van der Waals surface area (Å²) < 4.78 is 0. The predicted molar refractivity (Wildman–Crippen MR) is 89.6 cm³/mol. The maximum absolute atomic E-state index is 11.3. The zero-order valence-corrected chi connectivity index (χ0v) is 13.3. The van der Waals surface area contributed by atoms with E-state index in [2.05, 4.69) is 19.9 Å². The Morgan fingerprint density at radius 1 is 1.21 bits per heavy atom. The molecule has 0 bridgehead atoms. The summed E-state index contributed by atoms with van der Waals surface area (Å²) in [5.74, 6) is 1.07. The monoisotopic (exact) mass is 324 g/mol. The van der Waals surface area contributed by atoms with Gasteiger partial charge in [-0.2, -0.15) is 0 Å². The van der Waals surface area contributed by atoms with Gasteiger partial charge in [-0.25, -0.2) is 15.0 Å². The Morgan fingerprint density at radius 2 is 1.96 bits per heavy atom. The number of rotatable bonds is 5. The van der Waals surface area contributed by atoms with Gasteiger partial charge in [-0.1, -0.05) is 30.3 Å². The van der Waals surface area contributed by atoms with Crippen LogP contribution in [0.5, 0.6) is 0 Å². The Labute approximate surface area is 138 Å². The Hall–Kier alpha value is -3.29. The summed E-state index contributed by atoms with van der Waals surface area (Å²) in [4.78, 5) is 28.2. The molecule has 2 heterocycles. The maximum Gasteiger partial charge on any atom is 0.315 e. The highest BCUT2D eigenvalue weighted by atomic mass is 16.6. The van der Waals surface area contributed by atoms with E-state index in [-0.39, 0.29) is 11.4 Å². The van der Waals surface area contributed by atoms with Crippen molar-refractivity contribution in [3.8, 4) is 11.4 Å². The molecule has 3 aromatic rings. The number of anilines is 1. The van der Waals surface area contributed by atoms with Crippen molar-refractivity contribution in [1.29, 1.82) is 0 Å². The van der Waals surface area contributed by atoms with Crippen LogP contribution in [0.1, 0.15) is 11.4 Å². The van der Waals surface area contributed by atoms with E-state index >= 15 is 0 Å². The Bertz CT molecular complexity index is 862. The van der Waals surface area contributed by atoms with Crippen molar-refractivity contribution < 1.29 is 4.92 Å². The SMILES string of the molecule is Cc1ncc(-c2nc(N(C)Cc3ccccc3)ncc2[N+](=O)[O-])[nH]1. The van der Waals surface area contributed by atoms with Gasteiger partial charge in [-0.3, -0.25) is 10.1 Å². The van der Waals surface area contributed by atoms with E-state index in [1.54, 1.807) is 6.92 Å². The molecule has 0 amide bonds. The average Bonchev–Trinajstić information content (AvgIpc) is 3.01. The van der Waals surface area contributed by atoms with Crippen LogP contribution >= 0.6 is 0 Å². The molecule has 0 radical (unpaired) electrons. The summed E-state index contributed by atoms with van der Waals surface area (Å²) >= 11 is 0. The number of aryl methyl sites for hydroxylation is 1. The molecule has 0 saturated carbocycles.